The van der Waals surface area contributed by atoms with Crippen molar-refractivity contribution >= 4 is 29.1 Å². The first-order valence-electron chi connectivity index (χ1n) is 8.93. The van der Waals surface area contributed by atoms with Crippen LogP contribution in [-0.2, 0) is 11.2 Å². The van der Waals surface area contributed by atoms with Gasteiger partial charge in [0.15, 0.2) is 0 Å². The van der Waals surface area contributed by atoms with Gasteiger partial charge in [0.05, 0.1) is 24.8 Å². The number of rotatable bonds is 5. The Morgan fingerprint density at radius 1 is 1.00 bits per heavy atom. The summed E-state index contributed by atoms with van der Waals surface area (Å²) in [7, 11) is 1.59. The Bertz CT molecular complexity index is 1060. The monoisotopic (exact) mass is 387 g/mol. The van der Waals surface area contributed by atoms with E-state index in [1.165, 1.54) is 6.20 Å². The van der Waals surface area contributed by atoms with Crippen LogP contribution in [0.25, 0.3) is 0 Å². The Kier molecular flexibility index (Phi) is 4.78. The summed E-state index contributed by atoms with van der Waals surface area (Å²) in [6.45, 7) is 0. The van der Waals surface area contributed by atoms with Crippen molar-refractivity contribution in [1.82, 2.24) is 4.98 Å². The lowest BCUT2D eigenvalue weighted by atomic mass is 10.1. The van der Waals surface area contributed by atoms with Gasteiger partial charge in [-0.25, -0.2) is 4.90 Å². The quantitative estimate of drug-likeness (QED) is 0.680. The molecule has 0 saturated heterocycles. The van der Waals surface area contributed by atoms with Crippen LogP contribution in [0.3, 0.4) is 0 Å². The van der Waals surface area contributed by atoms with E-state index in [4.69, 9.17) is 4.74 Å². The summed E-state index contributed by atoms with van der Waals surface area (Å²) in [6, 6.07) is 17.0. The summed E-state index contributed by atoms with van der Waals surface area (Å²) >= 11 is 0. The zero-order chi connectivity index (χ0) is 20.4. The van der Waals surface area contributed by atoms with Crippen molar-refractivity contribution in [2.45, 2.75) is 6.42 Å². The fourth-order valence-corrected chi connectivity index (χ4v) is 3.13. The molecule has 29 heavy (non-hydrogen) atoms. The standard InChI is InChI=1S/C22H17N3O4/c1-29-17-10-4-14(5-11-17)13-19(26)24-15-6-8-16(9-7-15)25-21(27)18-3-2-12-23-20(18)22(25)28/h2-12H,13H2,1H3,(H,24,26). The Hall–Kier alpha value is -4.00. The molecule has 2 heterocycles. The molecule has 1 aliphatic heterocycles. The first-order chi connectivity index (χ1) is 14.1. The van der Waals surface area contributed by atoms with Crippen LogP contribution in [0.2, 0.25) is 0 Å². The topological polar surface area (TPSA) is 88.6 Å². The number of amides is 3. The van der Waals surface area contributed by atoms with E-state index in [-0.39, 0.29) is 23.6 Å². The first kappa shape index (κ1) is 18.4. The number of pyridine rings is 1. The molecule has 3 amide bonds. The zero-order valence-electron chi connectivity index (χ0n) is 15.6. The molecule has 0 spiro atoms. The maximum atomic E-state index is 12.5. The van der Waals surface area contributed by atoms with Crippen molar-refractivity contribution in [3.63, 3.8) is 0 Å². The minimum Gasteiger partial charge on any atom is -0.497 e. The number of methoxy groups -OCH3 is 1. The SMILES string of the molecule is COc1ccc(CC(=O)Nc2ccc(N3C(=O)c4cccnc4C3=O)cc2)cc1. The summed E-state index contributed by atoms with van der Waals surface area (Å²) in [6.07, 6.45) is 1.70. The third-order valence-electron chi connectivity index (χ3n) is 4.58. The van der Waals surface area contributed by atoms with Gasteiger partial charge in [-0.1, -0.05) is 12.1 Å². The maximum Gasteiger partial charge on any atom is 0.284 e. The van der Waals surface area contributed by atoms with Gasteiger partial charge in [0, 0.05) is 11.9 Å². The molecule has 0 saturated carbocycles. The van der Waals surface area contributed by atoms with Gasteiger partial charge in [-0.15, -0.1) is 0 Å². The van der Waals surface area contributed by atoms with Gasteiger partial charge in [0.1, 0.15) is 11.4 Å². The van der Waals surface area contributed by atoms with Gasteiger partial charge >= 0.3 is 0 Å². The summed E-state index contributed by atoms with van der Waals surface area (Å²) in [5.74, 6) is -0.308. The second-order valence-corrected chi connectivity index (χ2v) is 6.47. The Balaban J connectivity index is 1.44. The van der Waals surface area contributed by atoms with E-state index >= 15 is 0 Å². The fourth-order valence-electron chi connectivity index (χ4n) is 3.13. The molecule has 0 fully saturated rings. The highest BCUT2D eigenvalue weighted by Crippen LogP contribution is 2.28. The van der Waals surface area contributed by atoms with Crippen LogP contribution in [0.5, 0.6) is 5.75 Å². The van der Waals surface area contributed by atoms with Crippen LogP contribution in [0.1, 0.15) is 26.4 Å². The number of aromatic nitrogens is 1. The van der Waals surface area contributed by atoms with Gasteiger partial charge in [-0.3, -0.25) is 19.4 Å². The van der Waals surface area contributed by atoms with Crippen LogP contribution in [-0.4, -0.2) is 29.8 Å². The fraction of sp³-hybridized carbons (Fsp3) is 0.0909. The van der Waals surface area contributed by atoms with Crippen molar-refractivity contribution < 1.29 is 19.1 Å². The number of ether oxygens (including phenoxy) is 1. The summed E-state index contributed by atoms with van der Waals surface area (Å²) < 4.78 is 5.10. The molecule has 7 heteroatoms. The molecule has 0 unspecified atom stereocenters. The van der Waals surface area contributed by atoms with Crippen molar-refractivity contribution in [2.24, 2.45) is 0 Å². The normalized spacial score (nSPS) is 12.7. The molecule has 1 aromatic heterocycles. The number of hydrogen-bond donors (Lipinski definition) is 1. The maximum absolute atomic E-state index is 12.5. The number of anilines is 2. The third kappa shape index (κ3) is 3.58. The lowest BCUT2D eigenvalue weighted by molar-refractivity contribution is -0.115. The smallest absolute Gasteiger partial charge is 0.284 e. The Morgan fingerprint density at radius 3 is 2.38 bits per heavy atom. The number of fused-ring (bicyclic) bond motifs is 1. The minimum absolute atomic E-state index is 0.148. The molecule has 0 aliphatic carbocycles. The summed E-state index contributed by atoms with van der Waals surface area (Å²) in [5.41, 5.74) is 2.29. The minimum atomic E-state index is -0.457. The molecule has 0 radical (unpaired) electrons. The summed E-state index contributed by atoms with van der Waals surface area (Å²) in [4.78, 5) is 42.3. The van der Waals surface area contributed by atoms with Crippen LogP contribution in [0.15, 0.2) is 66.9 Å². The van der Waals surface area contributed by atoms with Gasteiger partial charge in [-0.2, -0.15) is 0 Å². The van der Waals surface area contributed by atoms with Crippen molar-refractivity contribution in [3.8, 4) is 5.75 Å². The van der Waals surface area contributed by atoms with Crippen LogP contribution in [0, 0.1) is 0 Å². The molecule has 144 valence electrons. The number of benzene rings is 2. The van der Waals surface area contributed by atoms with Gasteiger partial charge in [0.2, 0.25) is 5.91 Å². The average Bonchev–Trinajstić information content (AvgIpc) is 3.00. The van der Waals surface area contributed by atoms with E-state index in [2.05, 4.69) is 10.3 Å². The van der Waals surface area contributed by atoms with Crippen molar-refractivity contribution in [1.29, 1.82) is 0 Å². The third-order valence-corrected chi connectivity index (χ3v) is 4.58. The molecule has 4 rings (SSSR count). The number of carbonyl (C=O) groups is 3. The highest BCUT2D eigenvalue weighted by atomic mass is 16.5. The summed E-state index contributed by atoms with van der Waals surface area (Å²) in [5, 5.41) is 2.81. The number of nitrogens with zero attached hydrogens (tertiary/aromatic N) is 2. The Morgan fingerprint density at radius 2 is 1.72 bits per heavy atom. The molecular weight excluding hydrogens is 370 g/mol. The number of imide groups is 1. The van der Waals surface area contributed by atoms with E-state index in [1.54, 1.807) is 55.6 Å². The zero-order valence-corrected chi connectivity index (χ0v) is 15.6. The lowest BCUT2D eigenvalue weighted by Gasteiger charge is -2.14. The lowest BCUT2D eigenvalue weighted by Crippen LogP contribution is -2.29. The molecule has 0 atom stereocenters. The highest BCUT2D eigenvalue weighted by Gasteiger charge is 2.37. The molecule has 1 aliphatic rings. The highest BCUT2D eigenvalue weighted by molar-refractivity contribution is 6.33. The second-order valence-electron chi connectivity index (χ2n) is 6.47. The van der Waals surface area contributed by atoms with Gasteiger partial charge < -0.3 is 10.1 Å². The molecule has 0 bridgehead atoms. The molecule has 3 aromatic rings. The van der Waals surface area contributed by atoms with E-state index in [1.807, 2.05) is 12.1 Å². The Labute approximate surface area is 166 Å². The predicted octanol–water partition coefficient (Wildman–Crippen LogP) is 3.07. The molecule has 7 nitrogen and oxygen atoms in total. The van der Waals surface area contributed by atoms with Gasteiger partial charge in [0.25, 0.3) is 11.8 Å². The van der Waals surface area contributed by atoms with E-state index in [9.17, 15) is 14.4 Å². The predicted molar refractivity (Wildman–Crippen MR) is 107 cm³/mol. The van der Waals surface area contributed by atoms with Crippen LogP contribution >= 0.6 is 0 Å². The van der Waals surface area contributed by atoms with E-state index in [0.717, 1.165) is 16.2 Å². The largest absolute Gasteiger partial charge is 0.497 e. The van der Waals surface area contributed by atoms with Crippen molar-refractivity contribution in [2.75, 3.05) is 17.3 Å². The second kappa shape index (κ2) is 7.55. The van der Waals surface area contributed by atoms with Crippen molar-refractivity contribution in [3.05, 3.63) is 83.7 Å². The number of nitrogens with one attached hydrogen (secondary N) is 1. The van der Waals surface area contributed by atoms with Gasteiger partial charge in [-0.05, 0) is 54.1 Å². The molecular formula is C22H17N3O4. The number of hydrogen-bond acceptors (Lipinski definition) is 5. The first-order valence-corrected chi connectivity index (χ1v) is 8.93. The molecule has 1 N–H and O–H groups in total. The van der Waals surface area contributed by atoms with Crippen LogP contribution in [0.4, 0.5) is 11.4 Å². The average molecular weight is 387 g/mol. The molecule has 2 aromatic carbocycles. The van der Waals surface area contributed by atoms with Crippen LogP contribution < -0.4 is 15.0 Å². The number of carbonyl (C=O) groups excluding carboxylic acids is 3. The van der Waals surface area contributed by atoms with E-state index in [0.29, 0.717) is 11.4 Å². The van der Waals surface area contributed by atoms with E-state index < -0.39 is 11.8 Å².